The van der Waals surface area contributed by atoms with Gasteiger partial charge in [-0.05, 0) is 18.2 Å². The third-order valence-electron chi connectivity index (χ3n) is 2.40. The maximum absolute atomic E-state index is 6.01. The average molecular weight is 318 g/mol. The maximum Gasteiger partial charge on any atom is 0.239 e. The highest BCUT2D eigenvalue weighted by Gasteiger charge is 2.10. The Hall–Kier alpha value is -1.16. The Labute approximate surface area is 126 Å². The Morgan fingerprint density at radius 1 is 1.05 bits per heavy atom. The highest BCUT2D eigenvalue weighted by molar-refractivity contribution is 6.42. The molecule has 100 valence electrons. The summed E-state index contributed by atoms with van der Waals surface area (Å²) in [4.78, 5) is 5.98. The molecule has 0 aliphatic heterocycles. The minimum atomic E-state index is 0.157. The van der Waals surface area contributed by atoms with E-state index in [0.717, 1.165) is 5.69 Å². The first kappa shape index (κ1) is 14.3. The number of anilines is 1. The number of hydrogen-bond donors (Lipinski definition) is 0. The molecular weight excluding hydrogens is 307 g/mol. The predicted molar refractivity (Wildman–Crippen MR) is 80.1 cm³/mol. The molecule has 1 heterocycles. The molecule has 1 aromatic carbocycles. The van der Waals surface area contributed by atoms with Crippen LogP contribution in [0.2, 0.25) is 15.2 Å². The van der Waals surface area contributed by atoms with E-state index >= 15 is 0 Å². The molecule has 0 spiro atoms. The Kier molecular flexibility index (Phi) is 4.40. The normalized spacial score (nSPS) is 10.4. The van der Waals surface area contributed by atoms with Gasteiger partial charge in [0.05, 0.1) is 5.02 Å². The van der Waals surface area contributed by atoms with E-state index in [1.165, 1.54) is 6.07 Å². The van der Waals surface area contributed by atoms with Gasteiger partial charge in [-0.25, -0.2) is 0 Å². The third-order valence-corrected chi connectivity index (χ3v) is 3.35. The van der Waals surface area contributed by atoms with Gasteiger partial charge in [-0.15, -0.1) is 0 Å². The van der Waals surface area contributed by atoms with Crippen molar-refractivity contribution in [2.45, 2.75) is 0 Å². The lowest BCUT2D eigenvalue weighted by atomic mass is 10.3. The maximum atomic E-state index is 6.01. The second-order valence-corrected chi connectivity index (χ2v) is 5.21. The molecule has 0 unspecified atom stereocenters. The van der Waals surface area contributed by atoms with Crippen LogP contribution < -0.4 is 9.64 Å². The Bertz CT molecular complexity index is 602. The van der Waals surface area contributed by atoms with Gasteiger partial charge in [0, 0.05) is 25.8 Å². The van der Waals surface area contributed by atoms with Crippen molar-refractivity contribution in [3.8, 4) is 11.6 Å². The third kappa shape index (κ3) is 3.44. The quantitative estimate of drug-likeness (QED) is 0.753. The summed E-state index contributed by atoms with van der Waals surface area (Å²) in [5.74, 6) is 0.853. The number of ether oxygens (including phenoxy) is 1. The van der Waals surface area contributed by atoms with Crippen molar-refractivity contribution < 1.29 is 4.74 Å². The summed E-state index contributed by atoms with van der Waals surface area (Å²) >= 11 is 17.7. The summed E-state index contributed by atoms with van der Waals surface area (Å²) in [6.07, 6.45) is 0. The van der Waals surface area contributed by atoms with Crippen molar-refractivity contribution in [2.75, 3.05) is 19.0 Å². The molecule has 0 amide bonds. The Morgan fingerprint density at radius 2 is 1.79 bits per heavy atom. The van der Waals surface area contributed by atoms with Crippen LogP contribution in [0, 0.1) is 0 Å². The number of halogens is 3. The molecule has 0 saturated heterocycles. The van der Waals surface area contributed by atoms with Crippen molar-refractivity contribution >= 4 is 40.5 Å². The van der Waals surface area contributed by atoms with Crippen LogP contribution in [0.15, 0.2) is 30.3 Å². The minimum absolute atomic E-state index is 0.157. The van der Waals surface area contributed by atoms with E-state index in [-0.39, 0.29) is 11.0 Å². The molecule has 0 radical (unpaired) electrons. The number of benzene rings is 1. The van der Waals surface area contributed by atoms with Gasteiger partial charge >= 0.3 is 0 Å². The zero-order valence-corrected chi connectivity index (χ0v) is 12.6. The van der Waals surface area contributed by atoms with Crippen molar-refractivity contribution in [3.05, 3.63) is 45.5 Å². The Balaban J connectivity index is 2.31. The van der Waals surface area contributed by atoms with Gasteiger partial charge < -0.3 is 9.64 Å². The summed E-state index contributed by atoms with van der Waals surface area (Å²) in [7, 11) is 3.90. The van der Waals surface area contributed by atoms with Gasteiger partial charge in [0.15, 0.2) is 5.15 Å². The fourth-order valence-corrected chi connectivity index (χ4v) is 1.97. The highest BCUT2D eigenvalue weighted by atomic mass is 35.5. The number of nitrogens with zero attached hydrogens (tertiary/aromatic N) is 2. The first-order valence-corrected chi connectivity index (χ1v) is 6.57. The summed E-state index contributed by atoms with van der Waals surface area (Å²) < 4.78 is 5.62. The lowest BCUT2D eigenvalue weighted by Gasteiger charge is -2.14. The molecule has 0 atom stereocenters. The zero-order chi connectivity index (χ0) is 14.0. The van der Waals surface area contributed by atoms with E-state index in [2.05, 4.69) is 4.98 Å². The molecule has 6 heteroatoms. The summed E-state index contributed by atoms with van der Waals surface area (Å²) in [6.45, 7) is 0. The topological polar surface area (TPSA) is 25.4 Å². The predicted octanol–water partition coefficient (Wildman–Crippen LogP) is 4.90. The number of hydrogen-bond acceptors (Lipinski definition) is 3. The van der Waals surface area contributed by atoms with Crippen LogP contribution in [0.1, 0.15) is 0 Å². The zero-order valence-electron chi connectivity index (χ0n) is 10.3. The van der Waals surface area contributed by atoms with E-state index in [1.807, 2.05) is 43.3 Å². The fraction of sp³-hybridized carbons (Fsp3) is 0.154. The molecule has 0 aliphatic carbocycles. The SMILES string of the molecule is CN(C)c1cccc(Oc2nc(Cl)c(Cl)cc2Cl)c1. The monoisotopic (exact) mass is 316 g/mol. The smallest absolute Gasteiger partial charge is 0.239 e. The van der Waals surface area contributed by atoms with Crippen LogP contribution in [-0.4, -0.2) is 19.1 Å². The van der Waals surface area contributed by atoms with Gasteiger partial charge in [-0.3, -0.25) is 0 Å². The van der Waals surface area contributed by atoms with Gasteiger partial charge in [0.1, 0.15) is 10.8 Å². The van der Waals surface area contributed by atoms with Gasteiger partial charge in [0.25, 0.3) is 0 Å². The van der Waals surface area contributed by atoms with Crippen LogP contribution in [0.3, 0.4) is 0 Å². The van der Waals surface area contributed by atoms with Crippen LogP contribution in [0.25, 0.3) is 0 Å². The molecule has 0 fully saturated rings. The minimum Gasteiger partial charge on any atom is -0.437 e. The second-order valence-electron chi connectivity index (χ2n) is 4.04. The number of aromatic nitrogens is 1. The van der Waals surface area contributed by atoms with E-state index < -0.39 is 0 Å². The van der Waals surface area contributed by atoms with E-state index in [0.29, 0.717) is 15.8 Å². The number of pyridine rings is 1. The van der Waals surface area contributed by atoms with Crippen LogP contribution >= 0.6 is 34.8 Å². The van der Waals surface area contributed by atoms with Gasteiger partial charge in [-0.2, -0.15) is 4.98 Å². The van der Waals surface area contributed by atoms with Crippen molar-refractivity contribution in [2.24, 2.45) is 0 Å². The first-order valence-electron chi connectivity index (χ1n) is 5.44. The van der Waals surface area contributed by atoms with Gasteiger partial charge in [0.2, 0.25) is 5.88 Å². The highest BCUT2D eigenvalue weighted by Crippen LogP contribution is 2.33. The first-order chi connectivity index (χ1) is 8.97. The molecule has 19 heavy (non-hydrogen) atoms. The summed E-state index contributed by atoms with van der Waals surface area (Å²) in [6, 6.07) is 9.05. The summed E-state index contributed by atoms with van der Waals surface area (Å²) in [5.41, 5.74) is 1.01. The summed E-state index contributed by atoms with van der Waals surface area (Å²) in [5, 5.41) is 0.760. The van der Waals surface area contributed by atoms with Crippen molar-refractivity contribution in [1.29, 1.82) is 0 Å². The van der Waals surface area contributed by atoms with Crippen LogP contribution in [0.5, 0.6) is 11.6 Å². The molecule has 0 bridgehead atoms. The van der Waals surface area contributed by atoms with E-state index in [1.54, 1.807) is 0 Å². The van der Waals surface area contributed by atoms with Crippen molar-refractivity contribution in [3.63, 3.8) is 0 Å². The molecule has 0 N–H and O–H groups in total. The lowest BCUT2D eigenvalue weighted by Crippen LogP contribution is -2.08. The molecule has 0 saturated carbocycles. The second kappa shape index (κ2) is 5.87. The molecule has 1 aromatic heterocycles. The van der Waals surface area contributed by atoms with Crippen LogP contribution in [-0.2, 0) is 0 Å². The lowest BCUT2D eigenvalue weighted by molar-refractivity contribution is 0.463. The molecule has 3 nitrogen and oxygen atoms in total. The van der Waals surface area contributed by atoms with Gasteiger partial charge in [-0.1, -0.05) is 40.9 Å². The van der Waals surface area contributed by atoms with Crippen molar-refractivity contribution in [1.82, 2.24) is 4.98 Å². The van der Waals surface area contributed by atoms with Crippen LogP contribution in [0.4, 0.5) is 5.69 Å². The largest absolute Gasteiger partial charge is 0.437 e. The average Bonchev–Trinajstić information content (AvgIpc) is 2.36. The fourth-order valence-electron chi connectivity index (χ4n) is 1.44. The molecule has 0 aliphatic rings. The van der Waals surface area contributed by atoms with E-state index in [9.17, 15) is 0 Å². The Morgan fingerprint density at radius 3 is 2.47 bits per heavy atom. The standard InChI is InChI=1S/C13H11Cl3N2O/c1-18(2)8-4-3-5-9(6-8)19-13-11(15)7-10(14)12(16)17-13/h3-7H,1-2H3. The number of rotatable bonds is 3. The molecule has 2 aromatic rings. The van der Waals surface area contributed by atoms with E-state index in [4.69, 9.17) is 39.5 Å². The molecule has 2 rings (SSSR count). The molecular formula is C13H11Cl3N2O.